The maximum atomic E-state index is 4.47. The number of imidazole rings is 1. The van der Waals surface area contributed by atoms with Crippen LogP contribution in [0.15, 0.2) is 11.4 Å². The third-order valence-corrected chi connectivity index (χ3v) is 2.86. The van der Waals surface area contributed by atoms with E-state index in [2.05, 4.69) is 41.0 Å². The molecule has 0 unspecified atom stereocenters. The van der Waals surface area contributed by atoms with Gasteiger partial charge < -0.3 is 0 Å². The smallest absolute Gasteiger partial charge is 0.147 e. The van der Waals surface area contributed by atoms with Gasteiger partial charge in [0.1, 0.15) is 5.65 Å². The van der Waals surface area contributed by atoms with E-state index in [1.165, 1.54) is 5.69 Å². The number of hydrogen-bond donors (Lipinski definition) is 0. The maximum absolute atomic E-state index is 4.47. The van der Waals surface area contributed by atoms with E-state index < -0.39 is 0 Å². The van der Waals surface area contributed by atoms with Crippen molar-refractivity contribution < 1.29 is 0 Å². The van der Waals surface area contributed by atoms with Crippen molar-refractivity contribution in [3.63, 3.8) is 0 Å². The first-order valence-electron chi connectivity index (χ1n) is 4.13. The first-order chi connectivity index (χ1) is 5.70. The quantitative estimate of drug-likeness (QED) is 0.659. The van der Waals surface area contributed by atoms with Crippen LogP contribution >= 0.6 is 11.5 Å². The fourth-order valence-corrected chi connectivity index (χ4v) is 2.54. The van der Waals surface area contributed by atoms with Crippen molar-refractivity contribution in [1.82, 2.24) is 8.77 Å². The molecule has 0 radical (unpaired) electrons. The second-order valence-corrected chi connectivity index (χ2v) is 4.15. The Morgan fingerprint density at radius 1 is 1.50 bits per heavy atom. The SMILES string of the molecule is Cc1nc2ccsn2c1C(C)C. The van der Waals surface area contributed by atoms with E-state index in [1.807, 2.05) is 0 Å². The Bertz CT molecular complexity index is 397. The largest absolute Gasteiger partial charge is 0.251 e. The van der Waals surface area contributed by atoms with Gasteiger partial charge in [-0.25, -0.2) is 4.98 Å². The molecule has 0 bridgehead atoms. The summed E-state index contributed by atoms with van der Waals surface area (Å²) in [6.07, 6.45) is 0. The second-order valence-electron chi connectivity index (χ2n) is 3.30. The molecule has 0 saturated carbocycles. The zero-order valence-corrected chi connectivity index (χ0v) is 8.35. The number of fused-ring (bicyclic) bond motifs is 1. The van der Waals surface area contributed by atoms with E-state index >= 15 is 0 Å². The van der Waals surface area contributed by atoms with Crippen molar-refractivity contribution >= 4 is 17.2 Å². The Balaban J connectivity index is 2.76. The van der Waals surface area contributed by atoms with Crippen LogP contribution in [0, 0.1) is 6.92 Å². The van der Waals surface area contributed by atoms with Crippen LogP contribution in [0.25, 0.3) is 5.65 Å². The van der Waals surface area contributed by atoms with Crippen LogP contribution in [-0.4, -0.2) is 8.77 Å². The van der Waals surface area contributed by atoms with Crippen LogP contribution in [0.1, 0.15) is 31.2 Å². The summed E-state index contributed by atoms with van der Waals surface area (Å²) in [7, 11) is 0. The molecule has 0 aromatic carbocycles. The van der Waals surface area contributed by atoms with Gasteiger partial charge in [0.05, 0.1) is 11.4 Å². The number of nitrogens with zero attached hydrogens (tertiary/aromatic N) is 2. The molecule has 2 rings (SSSR count). The molecular formula is C9H12N2S. The zero-order valence-electron chi connectivity index (χ0n) is 7.53. The summed E-state index contributed by atoms with van der Waals surface area (Å²) >= 11 is 1.72. The third-order valence-electron chi connectivity index (χ3n) is 2.01. The Labute approximate surface area is 76.0 Å². The highest BCUT2D eigenvalue weighted by Gasteiger charge is 2.11. The van der Waals surface area contributed by atoms with Crippen molar-refractivity contribution in [1.29, 1.82) is 0 Å². The predicted octanol–water partition coefficient (Wildman–Crippen LogP) is 2.83. The highest BCUT2D eigenvalue weighted by molar-refractivity contribution is 7.04. The molecule has 2 nitrogen and oxygen atoms in total. The number of hydrogen-bond acceptors (Lipinski definition) is 2. The Hall–Kier alpha value is -0.830. The van der Waals surface area contributed by atoms with Crippen molar-refractivity contribution in [3.05, 3.63) is 22.8 Å². The van der Waals surface area contributed by atoms with E-state index in [-0.39, 0.29) is 0 Å². The first kappa shape index (κ1) is 7.80. The van der Waals surface area contributed by atoms with Gasteiger partial charge in [0, 0.05) is 5.38 Å². The molecule has 2 aromatic heterocycles. The summed E-state index contributed by atoms with van der Waals surface area (Å²) in [6.45, 7) is 6.49. The van der Waals surface area contributed by atoms with Gasteiger partial charge in [0.2, 0.25) is 0 Å². The first-order valence-corrected chi connectivity index (χ1v) is 4.96. The normalized spacial score (nSPS) is 11.7. The van der Waals surface area contributed by atoms with Gasteiger partial charge in [-0.05, 0) is 18.9 Å². The lowest BCUT2D eigenvalue weighted by Gasteiger charge is -2.02. The van der Waals surface area contributed by atoms with Crippen LogP contribution in [0.3, 0.4) is 0 Å². The molecule has 0 N–H and O–H groups in total. The van der Waals surface area contributed by atoms with Gasteiger partial charge in [0.15, 0.2) is 0 Å². The summed E-state index contributed by atoms with van der Waals surface area (Å²) in [4.78, 5) is 4.47. The monoisotopic (exact) mass is 180 g/mol. The molecule has 0 spiro atoms. The fraction of sp³-hybridized carbons (Fsp3) is 0.444. The Morgan fingerprint density at radius 3 is 2.92 bits per heavy atom. The molecule has 64 valence electrons. The summed E-state index contributed by atoms with van der Waals surface area (Å²) < 4.78 is 2.21. The molecule has 0 amide bonds. The molecule has 0 aliphatic rings. The van der Waals surface area contributed by atoms with Crippen molar-refractivity contribution in [2.24, 2.45) is 0 Å². The molecule has 0 aliphatic carbocycles. The number of aromatic nitrogens is 2. The number of rotatable bonds is 1. The minimum absolute atomic E-state index is 0.554. The molecule has 0 atom stereocenters. The Kier molecular flexibility index (Phi) is 1.68. The predicted molar refractivity (Wildman–Crippen MR) is 51.9 cm³/mol. The molecule has 2 heterocycles. The lowest BCUT2D eigenvalue weighted by molar-refractivity contribution is 0.816. The van der Waals surface area contributed by atoms with Gasteiger partial charge in [-0.2, -0.15) is 0 Å². The van der Waals surface area contributed by atoms with Gasteiger partial charge in [-0.1, -0.05) is 25.4 Å². The van der Waals surface area contributed by atoms with Crippen molar-refractivity contribution in [2.45, 2.75) is 26.7 Å². The van der Waals surface area contributed by atoms with Crippen LogP contribution in [0.5, 0.6) is 0 Å². The lowest BCUT2D eigenvalue weighted by Crippen LogP contribution is -1.93. The van der Waals surface area contributed by atoms with E-state index in [0.717, 1.165) is 11.3 Å². The van der Waals surface area contributed by atoms with Crippen LogP contribution < -0.4 is 0 Å². The summed E-state index contributed by atoms with van der Waals surface area (Å²) in [6, 6.07) is 2.06. The molecule has 0 saturated heterocycles. The average molecular weight is 180 g/mol. The summed E-state index contributed by atoms with van der Waals surface area (Å²) in [5, 5.41) is 2.08. The molecule has 2 aromatic rings. The topological polar surface area (TPSA) is 17.3 Å². The zero-order chi connectivity index (χ0) is 8.72. The standard InChI is InChI=1S/C9H12N2S/c1-6(2)9-7(3)10-8-4-5-12-11(8)9/h4-6H,1-3H3. The Morgan fingerprint density at radius 2 is 2.25 bits per heavy atom. The summed E-state index contributed by atoms with van der Waals surface area (Å²) in [5.41, 5.74) is 3.60. The second kappa shape index (κ2) is 2.59. The third kappa shape index (κ3) is 0.966. The highest BCUT2D eigenvalue weighted by Crippen LogP contribution is 2.22. The number of aryl methyl sites for hydroxylation is 1. The van der Waals surface area contributed by atoms with E-state index in [4.69, 9.17) is 0 Å². The van der Waals surface area contributed by atoms with Crippen LogP contribution in [0.2, 0.25) is 0 Å². The van der Waals surface area contributed by atoms with E-state index in [1.54, 1.807) is 11.5 Å². The minimum Gasteiger partial charge on any atom is -0.251 e. The van der Waals surface area contributed by atoms with E-state index in [0.29, 0.717) is 5.92 Å². The van der Waals surface area contributed by atoms with Gasteiger partial charge in [-0.3, -0.25) is 3.79 Å². The lowest BCUT2D eigenvalue weighted by atomic mass is 10.1. The minimum atomic E-state index is 0.554. The van der Waals surface area contributed by atoms with Crippen LogP contribution in [0.4, 0.5) is 0 Å². The van der Waals surface area contributed by atoms with Gasteiger partial charge >= 0.3 is 0 Å². The maximum Gasteiger partial charge on any atom is 0.147 e. The molecule has 0 fully saturated rings. The van der Waals surface area contributed by atoms with Crippen molar-refractivity contribution in [3.8, 4) is 0 Å². The average Bonchev–Trinajstić information content (AvgIpc) is 2.44. The highest BCUT2D eigenvalue weighted by atomic mass is 32.1. The molecule has 12 heavy (non-hydrogen) atoms. The van der Waals surface area contributed by atoms with E-state index in [9.17, 15) is 0 Å². The molecule has 3 heteroatoms. The van der Waals surface area contributed by atoms with Gasteiger partial charge in [-0.15, -0.1) is 0 Å². The molecule has 0 aliphatic heterocycles. The fourth-order valence-electron chi connectivity index (χ4n) is 1.57. The van der Waals surface area contributed by atoms with Gasteiger partial charge in [0.25, 0.3) is 0 Å². The summed E-state index contributed by atoms with van der Waals surface area (Å²) in [5.74, 6) is 0.554. The molecular weight excluding hydrogens is 168 g/mol. The van der Waals surface area contributed by atoms with Crippen molar-refractivity contribution in [2.75, 3.05) is 0 Å². The van der Waals surface area contributed by atoms with Crippen LogP contribution in [-0.2, 0) is 0 Å².